The van der Waals surface area contributed by atoms with Crippen molar-refractivity contribution in [2.45, 2.75) is 45.3 Å². The number of ether oxygens (including phenoxy) is 1. The Bertz CT molecular complexity index is 864. The SMILES string of the molecule is C[C@@H]1CCC=C2C[C@H]3OC(=O)[C@H](CN4CCN(c5ccc(F)cc5)CC4)[C@H]3[C@H](O)[C@@]21C. The summed E-state index contributed by atoms with van der Waals surface area (Å²) in [5.41, 5.74) is 2.05. The molecule has 2 heterocycles. The van der Waals surface area contributed by atoms with Crippen LogP contribution >= 0.6 is 0 Å². The molecule has 5 rings (SSSR count). The van der Waals surface area contributed by atoms with Crippen molar-refractivity contribution in [1.29, 1.82) is 0 Å². The zero-order valence-corrected chi connectivity index (χ0v) is 18.5. The number of benzene rings is 1. The van der Waals surface area contributed by atoms with Crippen LogP contribution in [0.3, 0.4) is 0 Å². The number of nitrogens with zero attached hydrogens (tertiary/aromatic N) is 2. The van der Waals surface area contributed by atoms with Gasteiger partial charge < -0.3 is 14.7 Å². The fraction of sp³-hybridized carbons (Fsp3) is 0.640. The topological polar surface area (TPSA) is 53.0 Å². The summed E-state index contributed by atoms with van der Waals surface area (Å²) >= 11 is 0. The normalized spacial score (nSPS) is 38.3. The highest BCUT2D eigenvalue weighted by molar-refractivity contribution is 5.76. The van der Waals surface area contributed by atoms with Crippen LogP contribution < -0.4 is 4.90 Å². The number of allylic oxidation sites excluding steroid dienone is 1. The Morgan fingerprint density at radius 3 is 2.61 bits per heavy atom. The van der Waals surface area contributed by atoms with Gasteiger partial charge in [-0.15, -0.1) is 0 Å². The van der Waals surface area contributed by atoms with Crippen molar-refractivity contribution >= 4 is 11.7 Å². The molecule has 0 unspecified atom stereocenters. The highest BCUT2D eigenvalue weighted by Crippen LogP contribution is 2.56. The molecule has 1 aromatic carbocycles. The number of piperazine rings is 1. The van der Waals surface area contributed by atoms with Crippen molar-refractivity contribution in [3.05, 3.63) is 41.7 Å². The number of carbonyl (C=O) groups is 1. The molecule has 1 saturated carbocycles. The molecule has 2 aliphatic carbocycles. The van der Waals surface area contributed by atoms with Gasteiger partial charge in [-0.1, -0.05) is 25.5 Å². The smallest absolute Gasteiger partial charge is 0.311 e. The first kappa shape index (κ1) is 21.0. The number of fused-ring (bicyclic) bond motifs is 2. The summed E-state index contributed by atoms with van der Waals surface area (Å²) < 4.78 is 19.0. The van der Waals surface area contributed by atoms with E-state index in [0.29, 0.717) is 12.5 Å². The summed E-state index contributed by atoms with van der Waals surface area (Å²) in [5, 5.41) is 11.5. The molecule has 168 valence electrons. The summed E-state index contributed by atoms with van der Waals surface area (Å²) in [4.78, 5) is 17.4. The molecule has 6 atom stereocenters. The molecule has 6 heteroatoms. The van der Waals surface area contributed by atoms with Gasteiger partial charge >= 0.3 is 5.97 Å². The van der Waals surface area contributed by atoms with Crippen LogP contribution in [0, 0.1) is 29.0 Å². The maximum Gasteiger partial charge on any atom is 0.311 e. The monoisotopic (exact) mass is 428 g/mol. The molecular weight excluding hydrogens is 395 g/mol. The van der Waals surface area contributed by atoms with Crippen LogP contribution in [-0.4, -0.2) is 60.9 Å². The van der Waals surface area contributed by atoms with Gasteiger partial charge in [-0.3, -0.25) is 9.69 Å². The second kappa shape index (κ2) is 7.89. The minimum atomic E-state index is -0.551. The van der Waals surface area contributed by atoms with Gasteiger partial charge in [0.1, 0.15) is 11.9 Å². The zero-order chi connectivity index (χ0) is 21.8. The van der Waals surface area contributed by atoms with E-state index in [0.717, 1.165) is 51.1 Å². The number of aliphatic hydroxyl groups is 1. The number of anilines is 1. The van der Waals surface area contributed by atoms with E-state index in [1.807, 2.05) is 12.1 Å². The van der Waals surface area contributed by atoms with Crippen molar-refractivity contribution in [1.82, 2.24) is 4.90 Å². The third-order valence-electron chi connectivity index (χ3n) is 8.59. The van der Waals surface area contributed by atoms with Gasteiger partial charge in [0.15, 0.2) is 0 Å². The fourth-order valence-corrected chi connectivity index (χ4v) is 6.39. The second-order valence-electron chi connectivity index (χ2n) is 10.1. The highest BCUT2D eigenvalue weighted by Gasteiger charge is 2.59. The molecule has 2 saturated heterocycles. The molecule has 4 aliphatic rings. The second-order valence-corrected chi connectivity index (χ2v) is 10.1. The van der Waals surface area contributed by atoms with E-state index in [4.69, 9.17) is 4.74 Å². The molecule has 31 heavy (non-hydrogen) atoms. The molecule has 1 aromatic rings. The largest absolute Gasteiger partial charge is 0.461 e. The first-order chi connectivity index (χ1) is 14.9. The summed E-state index contributed by atoms with van der Waals surface area (Å²) in [6.07, 6.45) is 4.42. The Morgan fingerprint density at radius 2 is 1.90 bits per heavy atom. The van der Waals surface area contributed by atoms with Gasteiger partial charge in [-0.25, -0.2) is 4.39 Å². The minimum Gasteiger partial charge on any atom is -0.461 e. The lowest BCUT2D eigenvalue weighted by Gasteiger charge is -2.52. The van der Waals surface area contributed by atoms with E-state index in [9.17, 15) is 14.3 Å². The average Bonchev–Trinajstić information content (AvgIpc) is 3.07. The van der Waals surface area contributed by atoms with Gasteiger partial charge in [-0.05, 0) is 43.0 Å². The number of aliphatic hydroxyl groups excluding tert-OH is 1. The summed E-state index contributed by atoms with van der Waals surface area (Å²) in [6, 6.07) is 6.63. The van der Waals surface area contributed by atoms with Crippen LogP contribution in [0.1, 0.15) is 33.1 Å². The van der Waals surface area contributed by atoms with Crippen molar-refractivity contribution in [3.8, 4) is 0 Å². The number of carbonyl (C=O) groups excluding carboxylic acids is 1. The lowest BCUT2D eigenvalue weighted by atomic mass is 9.55. The van der Waals surface area contributed by atoms with Gasteiger partial charge in [0.25, 0.3) is 0 Å². The van der Waals surface area contributed by atoms with E-state index in [1.165, 1.54) is 17.7 Å². The lowest BCUT2D eigenvalue weighted by Crippen LogP contribution is -2.55. The molecular formula is C25H33FN2O3. The van der Waals surface area contributed by atoms with E-state index >= 15 is 0 Å². The Balaban J connectivity index is 1.27. The van der Waals surface area contributed by atoms with Gasteiger partial charge in [0.2, 0.25) is 0 Å². The summed E-state index contributed by atoms with van der Waals surface area (Å²) in [6.45, 7) is 8.42. The average molecular weight is 429 g/mol. The molecule has 1 N–H and O–H groups in total. The van der Waals surface area contributed by atoms with E-state index in [1.54, 1.807) is 0 Å². The maximum absolute atomic E-state index is 13.2. The van der Waals surface area contributed by atoms with Gasteiger partial charge in [0.05, 0.1) is 12.0 Å². The quantitative estimate of drug-likeness (QED) is 0.592. The third-order valence-corrected chi connectivity index (χ3v) is 8.59. The molecule has 2 aliphatic heterocycles. The Labute approximate surface area is 183 Å². The molecule has 5 nitrogen and oxygen atoms in total. The van der Waals surface area contributed by atoms with Crippen LogP contribution in [0.25, 0.3) is 0 Å². The lowest BCUT2D eigenvalue weighted by molar-refractivity contribution is -0.145. The number of rotatable bonds is 3. The third kappa shape index (κ3) is 3.48. The molecule has 0 bridgehead atoms. The molecule has 0 aromatic heterocycles. The Morgan fingerprint density at radius 1 is 1.19 bits per heavy atom. The van der Waals surface area contributed by atoms with Gasteiger partial charge in [-0.2, -0.15) is 0 Å². The minimum absolute atomic E-state index is 0.134. The van der Waals surface area contributed by atoms with Crippen molar-refractivity contribution in [2.75, 3.05) is 37.6 Å². The Kier molecular flexibility index (Phi) is 5.33. The van der Waals surface area contributed by atoms with Crippen LogP contribution in [-0.2, 0) is 9.53 Å². The van der Waals surface area contributed by atoms with E-state index < -0.39 is 6.10 Å². The van der Waals surface area contributed by atoms with Crippen molar-refractivity contribution in [3.63, 3.8) is 0 Å². The zero-order valence-electron chi connectivity index (χ0n) is 18.5. The highest BCUT2D eigenvalue weighted by atomic mass is 19.1. The number of halogens is 1. The molecule has 0 spiro atoms. The predicted molar refractivity (Wildman–Crippen MR) is 117 cm³/mol. The van der Waals surface area contributed by atoms with E-state index in [-0.39, 0.29) is 35.1 Å². The number of hydrogen-bond donors (Lipinski definition) is 1. The Hall–Kier alpha value is -1.92. The first-order valence-corrected chi connectivity index (χ1v) is 11.7. The predicted octanol–water partition coefficient (Wildman–Crippen LogP) is 3.23. The van der Waals surface area contributed by atoms with Crippen molar-refractivity contribution in [2.24, 2.45) is 23.2 Å². The van der Waals surface area contributed by atoms with Crippen LogP contribution in [0.2, 0.25) is 0 Å². The number of esters is 1. The summed E-state index contributed by atoms with van der Waals surface area (Å²) in [7, 11) is 0. The van der Waals surface area contributed by atoms with E-state index in [2.05, 4.69) is 29.7 Å². The van der Waals surface area contributed by atoms with Crippen LogP contribution in [0.15, 0.2) is 35.9 Å². The molecule has 0 amide bonds. The number of hydrogen-bond acceptors (Lipinski definition) is 5. The first-order valence-electron chi connectivity index (χ1n) is 11.7. The van der Waals surface area contributed by atoms with Crippen LogP contribution in [0.4, 0.5) is 10.1 Å². The summed E-state index contributed by atoms with van der Waals surface area (Å²) in [5.74, 6) is -0.374. The van der Waals surface area contributed by atoms with Crippen LogP contribution in [0.5, 0.6) is 0 Å². The molecule has 3 fully saturated rings. The fourth-order valence-electron chi connectivity index (χ4n) is 6.39. The van der Waals surface area contributed by atoms with Gasteiger partial charge in [0, 0.05) is 56.2 Å². The maximum atomic E-state index is 13.2. The standard InChI is InChI=1S/C25H33FN2O3/c1-16-4-3-5-17-14-21-22(23(29)25(16,17)2)20(24(30)31-21)15-27-10-12-28(13-11-27)19-8-6-18(26)7-9-19/h5-9,16,20-23,29H,3-4,10-15H2,1-2H3/t16-,20-,21-,22-,23+,25-/m1/s1. The molecule has 0 radical (unpaired) electrons. The van der Waals surface area contributed by atoms with Crippen molar-refractivity contribution < 1.29 is 19.0 Å².